The zero-order chi connectivity index (χ0) is 20.3. The molecule has 0 bridgehead atoms. The number of amides is 2. The van der Waals surface area contributed by atoms with Gasteiger partial charge in [0, 0.05) is 30.4 Å². The summed E-state index contributed by atoms with van der Waals surface area (Å²) < 4.78 is 0. The third kappa shape index (κ3) is 4.41. The van der Waals surface area contributed by atoms with Crippen LogP contribution in [-0.2, 0) is 9.59 Å². The molecule has 8 heteroatoms. The molecule has 0 spiro atoms. The number of carbonyl (C=O) groups excluding carboxylic acids is 2. The van der Waals surface area contributed by atoms with Crippen molar-refractivity contribution in [3.05, 3.63) is 69.7 Å². The first-order chi connectivity index (χ1) is 13.4. The highest BCUT2D eigenvalue weighted by atomic mass is 35.5. The zero-order valence-electron chi connectivity index (χ0n) is 15.2. The van der Waals surface area contributed by atoms with E-state index < -0.39 is 0 Å². The van der Waals surface area contributed by atoms with Crippen LogP contribution in [0.1, 0.15) is 13.8 Å². The molecule has 1 saturated heterocycles. The summed E-state index contributed by atoms with van der Waals surface area (Å²) in [7, 11) is 0. The summed E-state index contributed by atoms with van der Waals surface area (Å²) in [6.45, 7) is 3.74. The van der Waals surface area contributed by atoms with Gasteiger partial charge in [0.15, 0.2) is 5.17 Å². The summed E-state index contributed by atoms with van der Waals surface area (Å²) >= 11 is 13.4. The number of hydrogen-bond acceptors (Lipinski definition) is 4. The molecule has 0 aromatic heterocycles. The standard InChI is InChI=1S/C20H17Cl2N3O2S/c1-3-24-19(27)18(12-25(13(2)26)15-7-5-4-6-8-15)28-20(24)23-17-11-14(21)9-10-16(17)22/h4-12H,3H2,1-2H3/b18-12+,23-20?. The fraction of sp³-hybridized carbons (Fsp3) is 0.150. The van der Waals surface area contributed by atoms with Crippen LogP contribution in [0.3, 0.4) is 0 Å². The van der Waals surface area contributed by atoms with E-state index in [0.29, 0.717) is 38.0 Å². The topological polar surface area (TPSA) is 53.0 Å². The minimum Gasteiger partial charge on any atom is -0.287 e. The smallest absolute Gasteiger partial charge is 0.268 e. The minimum absolute atomic E-state index is 0.196. The summed E-state index contributed by atoms with van der Waals surface area (Å²) in [5, 5.41) is 1.43. The molecule has 5 nitrogen and oxygen atoms in total. The lowest BCUT2D eigenvalue weighted by molar-refractivity contribution is -0.122. The number of para-hydroxylation sites is 1. The van der Waals surface area contributed by atoms with Crippen LogP contribution in [0.15, 0.2) is 64.6 Å². The van der Waals surface area contributed by atoms with Gasteiger partial charge in [-0.2, -0.15) is 0 Å². The number of halogens is 2. The van der Waals surface area contributed by atoms with Gasteiger partial charge in [-0.05, 0) is 49.0 Å². The first-order valence-electron chi connectivity index (χ1n) is 8.51. The maximum atomic E-state index is 12.8. The van der Waals surface area contributed by atoms with Crippen molar-refractivity contribution in [3.8, 4) is 0 Å². The molecular formula is C20H17Cl2N3O2S. The lowest BCUT2D eigenvalue weighted by Crippen LogP contribution is -2.29. The molecule has 28 heavy (non-hydrogen) atoms. The fourth-order valence-corrected chi connectivity index (χ4v) is 3.93. The van der Waals surface area contributed by atoms with Crippen molar-refractivity contribution in [1.82, 2.24) is 4.90 Å². The van der Waals surface area contributed by atoms with Crippen LogP contribution >= 0.6 is 35.0 Å². The number of aliphatic imine (C=N–C) groups is 1. The van der Waals surface area contributed by atoms with E-state index >= 15 is 0 Å². The summed E-state index contributed by atoms with van der Waals surface area (Å²) in [6.07, 6.45) is 1.55. The summed E-state index contributed by atoms with van der Waals surface area (Å²) in [6, 6.07) is 14.1. The largest absolute Gasteiger partial charge is 0.287 e. The molecule has 0 unspecified atom stereocenters. The predicted octanol–water partition coefficient (Wildman–Crippen LogP) is 5.47. The van der Waals surface area contributed by atoms with Crippen molar-refractivity contribution in [2.75, 3.05) is 11.4 Å². The maximum Gasteiger partial charge on any atom is 0.268 e. The van der Waals surface area contributed by atoms with Crippen molar-refractivity contribution < 1.29 is 9.59 Å². The van der Waals surface area contributed by atoms with Crippen LogP contribution < -0.4 is 4.90 Å². The molecule has 0 saturated carbocycles. The van der Waals surface area contributed by atoms with Gasteiger partial charge in [0.1, 0.15) is 0 Å². The number of hydrogen-bond donors (Lipinski definition) is 0. The lowest BCUT2D eigenvalue weighted by atomic mass is 10.3. The minimum atomic E-state index is -0.216. The van der Waals surface area contributed by atoms with E-state index in [0.717, 1.165) is 0 Å². The van der Waals surface area contributed by atoms with Gasteiger partial charge in [-0.3, -0.25) is 19.4 Å². The quantitative estimate of drug-likeness (QED) is 0.600. The van der Waals surface area contributed by atoms with Gasteiger partial charge in [-0.25, -0.2) is 4.99 Å². The Morgan fingerprint density at radius 2 is 1.93 bits per heavy atom. The maximum absolute atomic E-state index is 12.8. The molecule has 3 rings (SSSR count). The summed E-state index contributed by atoms with van der Waals surface area (Å²) in [5.74, 6) is -0.412. The predicted molar refractivity (Wildman–Crippen MR) is 116 cm³/mol. The highest BCUT2D eigenvalue weighted by Gasteiger charge is 2.33. The van der Waals surface area contributed by atoms with Crippen LogP contribution in [0.4, 0.5) is 11.4 Å². The van der Waals surface area contributed by atoms with E-state index in [-0.39, 0.29) is 11.8 Å². The number of carbonyl (C=O) groups is 2. The van der Waals surface area contributed by atoms with Crippen molar-refractivity contribution in [2.24, 2.45) is 4.99 Å². The number of nitrogens with zero attached hydrogens (tertiary/aromatic N) is 3. The SMILES string of the molecule is CCN1C(=O)/C(=C\N(C(C)=O)c2ccccc2)SC1=Nc1cc(Cl)ccc1Cl. The molecule has 144 valence electrons. The van der Waals surface area contributed by atoms with Crippen LogP contribution in [0.25, 0.3) is 0 Å². The molecule has 0 atom stereocenters. The van der Waals surface area contributed by atoms with Gasteiger partial charge in [0.05, 0.1) is 15.6 Å². The van der Waals surface area contributed by atoms with Gasteiger partial charge in [-0.1, -0.05) is 41.4 Å². The summed E-state index contributed by atoms with van der Waals surface area (Å²) in [4.78, 5) is 32.9. The Balaban J connectivity index is 1.99. The van der Waals surface area contributed by atoms with Crippen LogP contribution in [0, 0.1) is 0 Å². The molecular weight excluding hydrogens is 417 g/mol. The lowest BCUT2D eigenvalue weighted by Gasteiger charge is -2.17. The number of thioether (sulfide) groups is 1. The number of benzene rings is 2. The normalized spacial score (nSPS) is 16.9. The number of rotatable bonds is 4. The monoisotopic (exact) mass is 433 g/mol. The zero-order valence-corrected chi connectivity index (χ0v) is 17.6. The highest BCUT2D eigenvalue weighted by Crippen LogP contribution is 2.36. The third-order valence-electron chi connectivity index (χ3n) is 3.95. The Bertz CT molecular complexity index is 977. The number of anilines is 1. The first kappa shape index (κ1) is 20.5. The Morgan fingerprint density at radius 1 is 1.21 bits per heavy atom. The van der Waals surface area contributed by atoms with Gasteiger partial charge in [-0.15, -0.1) is 0 Å². The van der Waals surface area contributed by atoms with Crippen molar-refractivity contribution in [3.63, 3.8) is 0 Å². The molecule has 2 aromatic rings. The number of likely N-dealkylation sites (N-methyl/N-ethyl adjacent to an activating group) is 1. The van der Waals surface area contributed by atoms with Crippen LogP contribution in [0.5, 0.6) is 0 Å². The van der Waals surface area contributed by atoms with Crippen molar-refractivity contribution in [2.45, 2.75) is 13.8 Å². The average molecular weight is 434 g/mol. The van der Waals surface area contributed by atoms with Crippen LogP contribution in [-0.4, -0.2) is 28.4 Å². The molecule has 1 aliphatic rings. The van der Waals surface area contributed by atoms with E-state index in [1.54, 1.807) is 36.5 Å². The second-order valence-electron chi connectivity index (χ2n) is 5.86. The van der Waals surface area contributed by atoms with Crippen molar-refractivity contribution in [1.29, 1.82) is 0 Å². The van der Waals surface area contributed by atoms with E-state index in [1.807, 2.05) is 25.1 Å². The number of amidine groups is 1. The second kappa shape index (κ2) is 8.82. The molecule has 0 N–H and O–H groups in total. The molecule has 1 aliphatic heterocycles. The van der Waals surface area contributed by atoms with E-state index in [4.69, 9.17) is 23.2 Å². The molecule has 2 aromatic carbocycles. The van der Waals surface area contributed by atoms with Gasteiger partial charge >= 0.3 is 0 Å². The van der Waals surface area contributed by atoms with E-state index in [9.17, 15) is 9.59 Å². The average Bonchev–Trinajstić information content (AvgIpc) is 2.97. The molecule has 0 aliphatic carbocycles. The molecule has 0 radical (unpaired) electrons. The fourth-order valence-electron chi connectivity index (χ4n) is 2.59. The molecule has 1 fully saturated rings. The molecule has 1 heterocycles. The van der Waals surface area contributed by atoms with Gasteiger partial charge < -0.3 is 0 Å². The van der Waals surface area contributed by atoms with Crippen molar-refractivity contribution >= 4 is 63.3 Å². The Hall–Kier alpha value is -2.28. The van der Waals surface area contributed by atoms with E-state index in [2.05, 4.69) is 4.99 Å². The Labute approximate surface area is 177 Å². The van der Waals surface area contributed by atoms with Gasteiger partial charge in [0.2, 0.25) is 5.91 Å². The Morgan fingerprint density at radius 3 is 2.57 bits per heavy atom. The Kier molecular flexibility index (Phi) is 6.44. The summed E-state index contributed by atoms with van der Waals surface area (Å²) in [5.41, 5.74) is 1.16. The van der Waals surface area contributed by atoms with Crippen LogP contribution in [0.2, 0.25) is 10.0 Å². The molecule has 2 amide bonds. The van der Waals surface area contributed by atoms with E-state index in [1.165, 1.54) is 28.5 Å². The van der Waals surface area contributed by atoms with Gasteiger partial charge in [0.25, 0.3) is 5.91 Å². The third-order valence-corrected chi connectivity index (χ3v) is 5.50. The second-order valence-corrected chi connectivity index (χ2v) is 7.71. The highest BCUT2D eigenvalue weighted by molar-refractivity contribution is 8.18. The first-order valence-corrected chi connectivity index (χ1v) is 10.1.